The number of rotatable bonds is 7. The van der Waals surface area contributed by atoms with Crippen molar-refractivity contribution in [3.05, 3.63) is 95.6 Å². The van der Waals surface area contributed by atoms with Crippen LogP contribution >= 0.6 is 0 Å². The smallest absolute Gasteiger partial charge is 0.237 e. The van der Waals surface area contributed by atoms with Gasteiger partial charge in [0.2, 0.25) is 5.91 Å². The molecule has 31 heavy (non-hydrogen) atoms. The topological polar surface area (TPSA) is 50.8 Å². The predicted octanol–water partition coefficient (Wildman–Crippen LogP) is 4.18. The van der Waals surface area contributed by atoms with Crippen molar-refractivity contribution in [1.29, 1.82) is 0 Å². The second kappa shape index (κ2) is 9.67. The van der Waals surface area contributed by atoms with Gasteiger partial charge in [0.1, 0.15) is 13.2 Å². The van der Waals surface area contributed by atoms with Gasteiger partial charge in [-0.3, -0.25) is 9.69 Å². The molecule has 0 bridgehead atoms. The van der Waals surface area contributed by atoms with Gasteiger partial charge in [-0.15, -0.1) is 0 Å². The van der Waals surface area contributed by atoms with Gasteiger partial charge in [0.25, 0.3) is 0 Å². The van der Waals surface area contributed by atoms with Gasteiger partial charge in [-0.2, -0.15) is 0 Å². The summed E-state index contributed by atoms with van der Waals surface area (Å²) in [4.78, 5) is 15.2. The zero-order valence-corrected chi connectivity index (χ0v) is 18.0. The maximum Gasteiger partial charge on any atom is 0.237 e. The maximum absolute atomic E-state index is 13.2. The average molecular weight is 417 g/mol. The van der Waals surface area contributed by atoms with Crippen LogP contribution in [0.2, 0.25) is 0 Å². The Hall–Kier alpha value is -3.31. The zero-order valence-electron chi connectivity index (χ0n) is 18.0. The molecular weight excluding hydrogens is 388 g/mol. The molecule has 1 amide bonds. The van der Waals surface area contributed by atoms with Gasteiger partial charge in [0.05, 0.1) is 12.1 Å². The molecule has 0 radical (unpaired) electrons. The molecule has 3 aromatic rings. The first-order valence-corrected chi connectivity index (χ1v) is 10.6. The van der Waals surface area contributed by atoms with E-state index in [2.05, 4.69) is 5.32 Å². The van der Waals surface area contributed by atoms with Crippen LogP contribution in [-0.4, -0.2) is 37.1 Å². The van der Waals surface area contributed by atoms with Crippen LogP contribution in [0.5, 0.6) is 11.5 Å². The molecule has 0 aliphatic carbocycles. The molecule has 1 heterocycles. The van der Waals surface area contributed by atoms with E-state index in [1.165, 1.54) is 0 Å². The van der Waals surface area contributed by atoms with Crippen LogP contribution in [0.15, 0.2) is 78.9 Å². The minimum atomic E-state index is -0.303. The number of hydrogen-bond donors (Lipinski definition) is 1. The first-order valence-electron chi connectivity index (χ1n) is 10.6. The van der Waals surface area contributed by atoms with E-state index in [-0.39, 0.29) is 18.0 Å². The third kappa shape index (κ3) is 5.06. The molecule has 1 aliphatic heterocycles. The lowest BCUT2D eigenvalue weighted by molar-refractivity contribution is -0.126. The van der Waals surface area contributed by atoms with Crippen LogP contribution in [0.4, 0.5) is 0 Å². The third-order valence-electron chi connectivity index (χ3n) is 5.63. The number of likely N-dealkylation sites (N-methyl/N-ethyl adjacent to an activating group) is 1. The summed E-state index contributed by atoms with van der Waals surface area (Å²) < 4.78 is 11.3. The Morgan fingerprint density at radius 3 is 2.10 bits per heavy atom. The summed E-state index contributed by atoms with van der Waals surface area (Å²) in [6.45, 7) is 3.70. The Morgan fingerprint density at radius 2 is 1.48 bits per heavy atom. The summed E-state index contributed by atoms with van der Waals surface area (Å²) in [5.41, 5.74) is 3.20. The fourth-order valence-electron chi connectivity index (χ4n) is 3.72. The van der Waals surface area contributed by atoms with Crippen LogP contribution in [-0.2, 0) is 11.3 Å². The molecule has 0 saturated heterocycles. The highest BCUT2D eigenvalue weighted by Gasteiger charge is 2.23. The predicted molar refractivity (Wildman–Crippen MR) is 121 cm³/mol. The van der Waals surface area contributed by atoms with E-state index in [4.69, 9.17) is 9.47 Å². The fraction of sp³-hybridized carbons (Fsp3) is 0.269. The summed E-state index contributed by atoms with van der Waals surface area (Å²) in [6.07, 6.45) is 0. The quantitative estimate of drug-likeness (QED) is 0.628. The lowest BCUT2D eigenvalue weighted by atomic mass is 9.98. The molecule has 3 aromatic carbocycles. The number of carbonyl (C=O) groups excluding carboxylic acids is 1. The number of carbonyl (C=O) groups is 1. The van der Waals surface area contributed by atoms with Gasteiger partial charge in [0.15, 0.2) is 11.5 Å². The highest BCUT2D eigenvalue weighted by molar-refractivity contribution is 5.82. The zero-order chi connectivity index (χ0) is 21.6. The highest BCUT2D eigenvalue weighted by atomic mass is 16.6. The van der Waals surface area contributed by atoms with Crippen LogP contribution in [0.25, 0.3) is 0 Å². The molecular formula is C26H28N2O3. The van der Waals surface area contributed by atoms with E-state index in [9.17, 15) is 4.79 Å². The molecule has 1 aliphatic rings. The van der Waals surface area contributed by atoms with E-state index < -0.39 is 0 Å². The highest BCUT2D eigenvalue weighted by Crippen LogP contribution is 2.31. The van der Waals surface area contributed by atoms with Crippen LogP contribution in [0, 0.1) is 0 Å². The van der Waals surface area contributed by atoms with Gasteiger partial charge in [-0.1, -0.05) is 66.7 Å². The lowest BCUT2D eigenvalue weighted by Gasteiger charge is -2.28. The maximum atomic E-state index is 13.2. The van der Waals surface area contributed by atoms with E-state index in [0.29, 0.717) is 19.8 Å². The number of amides is 1. The molecule has 160 valence electrons. The largest absolute Gasteiger partial charge is 0.486 e. The molecule has 4 rings (SSSR count). The lowest BCUT2D eigenvalue weighted by Crippen LogP contribution is -2.44. The minimum Gasteiger partial charge on any atom is -0.486 e. The summed E-state index contributed by atoms with van der Waals surface area (Å²) in [6, 6.07) is 25.6. The molecule has 0 saturated carbocycles. The van der Waals surface area contributed by atoms with Gasteiger partial charge >= 0.3 is 0 Å². The summed E-state index contributed by atoms with van der Waals surface area (Å²) >= 11 is 0. The number of fused-ring (bicyclic) bond motifs is 1. The Morgan fingerprint density at radius 1 is 0.903 bits per heavy atom. The van der Waals surface area contributed by atoms with E-state index >= 15 is 0 Å². The number of hydrogen-bond acceptors (Lipinski definition) is 4. The average Bonchev–Trinajstić information content (AvgIpc) is 2.83. The molecule has 0 fully saturated rings. The van der Waals surface area contributed by atoms with Gasteiger partial charge in [-0.25, -0.2) is 0 Å². The fourth-order valence-corrected chi connectivity index (χ4v) is 3.72. The molecule has 0 unspecified atom stereocenters. The van der Waals surface area contributed by atoms with Gasteiger partial charge < -0.3 is 14.8 Å². The minimum absolute atomic E-state index is 0.0160. The summed E-state index contributed by atoms with van der Waals surface area (Å²) in [7, 11) is 1.96. The van der Waals surface area contributed by atoms with Crippen molar-refractivity contribution in [3.63, 3.8) is 0 Å². The monoisotopic (exact) mass is 416 g/mol. The standard InChI is InChI=1S/C26H28N2O3/c1-19(28(2)18-20-13-14-23-24(17-20)31-16-15-30-23)26(29)27-25(21-9-5-3-6-10-21)22-11-7-4-8-12-22/h3-14,17,19,25H,15-16,18H2,1-2H3,(H,27,29)/t19-/m1/s1. The Kier molecular flexibility index (Phi) is 6.53. The second-order valence-corrected chi connectivity index (χ2v) is 7.83. The van der Waals surface area contributed by atoms with E-state index in [0.717, 1.165) is 28.2 Å². The number of benzene rings is 3. The van der Waals surface area contributed by atoms with Crippen molar-refractivity contribution < 1.29 is 14.3 Å². The van der Waals surface area contributed by atoms with Crippen molar-refractivity contribution in [2.75, 3.05) is 20.3 Å². The Labute approximate surface area is 183 Å². The molecule has 1 atom stereocenters. The summed E-state index contributed by atoms with van der Waals surface area (Å²) in [5, 5.41) is 3.24. The molecule has 0 spiro atoms. The first-order chi connectivity index (χ1) is 15.1. The van der Waals surface area contributed by atoms with Crippen LogP contribution in [0.1, 0.15) is 29.7 Å². The van der Waals surface area contributed by atoms with Crippen molar-refractivity contribution in [2.45, 2.75) is 25.6 Å². The van der Waals surface area contributed by atoms with E-state index in [1.54, 1.807) is 0 Å². The third-order valence-corrected chi connectivity index (χ3v) is 5.63. The van der Waals surface area contributed by atoms with Crippen molar-refractivity contribution >= 4 is 5.91 Å². The van der Waals surface area contributed by atoms with Crippen molar-refractivity contribution in [2.24, 2.45) is 0 Å². The normalized spacial score (nSPS) is 13.8. The van der Waals surface area contributed by atoms with Crippen LogP contribution < -0.4 is 14.8 Å². The number of nitrogens with zero attached hydrogens (tertiary/aromatic N) is 1. The number of nitrogens with one attached hydrogen (secondary N) is 1. The second-order valence-electron chi connectivity index (χ2n) is 7.83. The Bertz CT molecular complexity index is 968. The molecule has 5 nitrogen and oxygen atoms in total. The number of ether oxygens (including phenoxy) is 2. The van der Waals surface area contributed by atoms with Crippen LogP contribution in [0.3, 0.4) is 0 Å². The molecule has 0 aromatic heterocycles. The van der Waals surface area contributed by atoms with Crippen molar-refractivity contribution in [1.82, 2.24) is 10.2 Å². The first kappa shape index (κ1) is 20.9. The SMILES string of the molecule is C[C@H](C(=O)NC(c1ccccc1)c1ccccc1)N(C)Cc1ccc2c(c1)OCCO2. The van der Waals surface area contributed by atoms with E-state index in [1.807, 2.05) is 97.7 Å². The van der Waals surface area contributed by atoms with Gasteiger partial charge in [-0.05, 0) is 42.8 Å². The summed E-state index contributed by atoms with van der Waals surface area (Å²) in [5.74, 6) is 1.53. The Balaban J connectivity index is 1.46. The molecule has 1 N–H and O–H groups in total. The van der Waals surface area contributed by atoms with Gasteiger partial charge in [0, 0.05) is 6.54 Å². The van der Waals surface area contributed by atoms with Crippen molar-refractivity contribution in [3.8, 4) is 11.5 Å². The molecule has 5 heteroatoms.